The number of H-pyrrole nitrogens is 1. The molecule has 0 amide bonds. The van der Waals surface area contributed by atoms with Crippen molar-refractivity contribution in [2.24, 2.45) is 0 Å². The van der Waals surface area contributed by atoms with Crippen molar-refractivity contribution in [1.82, 2.24) is 30.1 Å². The van der Waals surface area contributed by atoms with Crippen LogP contribution in [-0.4, -0.2) is 37.2 Å². The molecule has 0 aliphatic heterocycles. The highest BCUT2D eigenvalue weighted by Gasteiger charge is 2.17. The number of nitrogens with zero attached hydrogens (tertiary/aromatic N) is 5. The fourth-order valence-electron chi connectivity index (χ4n) is 4.29. The predicted octanol–water partition coefficient (Wildman–Crippen LogP) is 3.98. The summed E-state index contributed by atoms with van der Waals surface area (Å²) in [6.45, 7) is 5.98. The molecule has 0 aliphatic rings. The first kappa shape index (κ1) is 23.5. The molecule has 0 atom stereocenters. The van der Waals surface area contributed by atoms with E-state index in [0.717, 1.165) is 39.1 Å². The molecule has 0 aliphatic carbocycles. The van der Waals surface area contributed by atoms with E-state index in [9.17, 15) is 4.79 Å². The van der Waals surface area contributed by atoms with E-state index in [4.69, 9.17) is 9.15 Å². The molecule has 0 spiro atoms. The van der Waals surface area contributed by atoms with Gasteiger partial charge in [0.25, 0.3) is 5.56 Å². The third-order valence-electron chi connectivity index (χ3n) is 6.44. The molecule has 184 valence electrons. The Morgan fingerprint density at radius 2 is 1.89 bits per heavy atom. The average Bonchev–Trinajstić information content (AvgIpc) is 3.56. The minimum atomic E-state index is -0.0916. The summed E-state index contributed by atoms with van der Waals surface area (Å²) in [6, 6.07) is 17.7. The van der Waals surface area contributed by atoms with Gasteiger partial charge in [-0.1, -0.05) is 24.3 Å². The number of benzene rings is 2. The summed E-state index contributed by atoms with van der Waals surface area (Å²) in [5, 5.41) is 13.3. The first-order valence-electron chi connectivity index (χ1n) is 11.7. The van der Waals surface area contributed by atoms with E-state index >= 15 is 0 Å². The molecule has 9 heteroatoms. The summed E-state index contributed by atoms with van der Waals surface area (Å²) >= 11 is 0. The Kier molecular flexibility index (Phi) is 6.64. The minimum absolute atomic E-state index is 0.0916. The predicted molar refractivity (Wildman–Crippen MR) is 136 cm³/mol. The number of tetrazole rings is 1. The summed E-state index contributed by atoms with van der Waals surface area (Å²) in [7, 11) is 1.65. The smallest absolute Gasteiger partial charge is 0.252 e. The number of hydrogen-bond acceptors (Lipinski definition) is 7. The molecular weight excluding hydrogens is 456 g/mol. The van der Waals surface area contributed by atoms with Crippen LogP contribution in [0.3, 0.4) is 0 Å². The quantitative estimate of drug-likeness (QED) is 0.338. The first-order chi connectivity index (χ1) is 17.5. The van der Waals surface area contributed by atoms with E-state index < -0.39 is 0 Å². The van der Waals surface area contributed by atoms with Gasteiger partial charge < -0.3 is 14.1 Å². The van der Waals surface area contributed by atoms with Crippen molar-refractivity contribution in [3.8, 4) is 5.75 Å². The number of aromatic amines is 1. The van der Waals surface area contributed by atoms with E-state index in [1.54, 1.807) is 18.1 Å². The van der Waals surface area contributed by atoms with Gasteiger partial charge in [-0.15, -0.1) is 5.10 Å². The molecule has 0 radical (unpaired) electrons. The fraction of sp³-hybridized carbons (Fsp3) is 0.259. The lowest BCUT2D eigenvalue weighted by molar-refractivity contribution is 0.235. The standard InChI is InChI=1S/C27H28N6O3/c1-18-6-9-21-13-22(27(34)28-26(21)19(18)2)15-32(14-20-7-10-23(35-3)11-8-20)17-25-29-30-31-33(25)16-24-5-4-12-36-24/h4-13H,14-17H2,1-3H3,(H,28,34). The van der Waals surface area contributed by atoms with Crippen LogP contribution in [0.1, 0.15) is 33.8 Å². The van der Waals surface area contributed by atoms with Crippen molar-refractivity contribution in [3.05, 3.63) is 105 Å². The van der Waals surface area contributed by atoms with Crippen molar-refractivity contribution < 1.29 is 9.15 Å². The Labute approximate surface area is 208 Å². The topological polar surface area (TPSA) is 102 Å². The monoisotopic (exact) mass is 484 g/mol. The second kappa shape index (κ2) is 10.2. The van der Waals surface area contributed by atoms with Crippen LogP contribution in [0.15, 0.2) is 70.1 Å². The molecule has 2 aromatic carbocycles. The average molecular weight is 485 g/mol. The maximum absolute atomic E-state index is 13.1. The second-order valence-corrected chi connectivity index (χ2v) is 8.92. The van der Waals surface area contributed by atoms with E-state index in [0.29, 0.717) is 37.6 Å². The molecule has 0 unspecified atom stereocenters. The zero-order valence-corrected chi connectivity index (χ0v) is 20.6. The highest BCUT2D eigenvalue weighted by atomic mass is 16.5. The Balaban J connectivity index is 1.45. The van der Waals surface area contributed by atoms with Crippen molar-refractivity contribution in [1.29, 1.82) is 0 Å². The summed E-state index contributed by atoms with van der Waals surface area (Å²) in [6.07, 6.45) is 1.63. The number of fused-ring (bicyclic) bond motifs is 1. The molecule has 0 bridgehead atoms. The Morgan fingerprint density at radius 3 is 2.64 bits per heavy atom. The van der Waals surface area contributed by atoms with Gasteiger partial charge >= 0.3 is 0 Å². The van der Waals surface area contributed by atoms with E-state index in [-0.39, 0.29) is 5.56 Å². The number of hydrogen-bond donors (Lipinski definition) is 1. The van der Waals surface area contributed by atoms with Crippen LogP contribution in [0.25, 0.3) is 10.9 Å². The highest BCUT2D eigenvalue weighted by Crippen LogP contribution is 2.21. The number of aryl methyl sites for hydroxylation is 2. The van der Waals surface area contributed by atoms with Crippen molar-refractivity contribution in [2.45, 2.75) is 40.0 Å². The molecule has 5 aromatic rings. The third-order valence-corrected chi connectivity index (χ3v) is 6.44. The molecule has 3 aromatic heterocycles. The number of methoxy groups -OCH3 is 1. The van der Waals surface area contributed by atoms with Gasteiger partial charge in [0.15, 0.2) is 5.82 Å². The van der Waals surface area contributed by atoms with Crippen molar-refractivity contribution >= 4 is 10.9 Å². The van der Waals surface area contributed by atoms with Gasteiger partial charge in [0.1, 0.15) is 18.1 Å². The van der Waals surface area contributed by atoms with Crippen LogP contribution in [0.5, 0.6) is 5.75 Å². The zero-order valence-electron chi connectivity index (χ0n) is 20.6. The lowest BCUT2D eigenvalue weighted by atomic mass is 10.0. The zero-order chi connectivity index (χ0) is 25.1. The SMILES string of the molecule is COc1ccc(CN(Cc2cc3ccc(C)c(C)c3[nH]c2=O)Cc2nnnn2Cc2ccco2)cc1. The third kappa shape index (κ3) is 5.06. The normalized spacial score (nSPS) is 11.4. The largest absolute Gasteiger partial charge is 0.497 e. The molecule has 0 saturated heterocycles. The fourth-order valence-corrected chi connectivity index (χ4v) is 4.29. The van der Waals surface area contributed by atoms with Crippen molar-refractivity contribution in [3.63, 3.8) is 0 Å². The number of aromatic nitrogens is 5. The number of nitrogens with one attached hydrogen (secondary N) is 1. The van der Waals surface area contributed by atoms with Crippen LogP contribution in [-0.2, 0) is 26.2 Å². The van der Waals surface area contributed by atoms with Crippen LogP contribution in [0.4, 0.5) is 0 Å². The molecular formula is C27H28N6O3. The minimum Gasteiger partial charge on any atom is -0.497 e. The van der Waals surface area contributed by atoms with Gasteiger partial charge in [-0.3, -0.25) is 9.69 Å². The Morgan fingerprint density at radius 1 is 1.06 bits per heavy atom. The molecule has 0 fully saturated rings. The molecule has 36 heavy (non-hydrogen) atoms. The summed E-state index contributed by atoms with van der Waals surface area (Å²) in [4.78, 5) is 18.3. The van der Waals surface area contributed by atoms with Crippen molar-refractivity contribution in [2.75, 3.05) is 7.11 Å². The summed E-state index contributed by atoms with van der Waals surface area (Å²) in [5.41, 5.74) is 4.80. The Bertz CT molecular complexity index is 1520. The van der Waals surface area contributed by atoms with Gasteiger partial charge in [-0.25, -0.2) is 4.68 Å². The van der Waals surface area contributed by atoms with Crippen LogP contribution < -0.4 is 10.3 Å². The second-order valence-electron chi connectivity index (χ2n) is 8.92. The number of rotatable bonds is 9. The van der Waals surface area contributed by atoms with Gasteiger partial charge in [0, 0.05) is 18.7 Å². The van der Waals surface area contributed by atoms with E-state index in [1.165, 1.54) is 0 Å². The number of pyridine rings is 1. The molecule has 0 saturated carbocycles. The van der Waals surface area contributed by atoms with Crippen LogP contribution in [0, 0.1) is 13.8 Å². The Hall–Kier alpha value is -4.24. The van der Waals surface area contributed by atoms with Gasteiger partial charge in [0.05, 0.1) is 25.4 Å². The van der Waals surface area contributed by atoms with Gasteiger partial charge in [-0.05, 0) is 76.7 Å². The maximum Gasteiger partial charge on any atom is 0.252 e. The molecule has 1 N–H and O–H groups in total. The lowest BCUT2D eigenvalue weighted by Crippen LogP contribution is -2.28. The number of furan rings is 1. The molecule has 3 heterocycles. The highest BCUT2D eigenvalue weighted by molar-refractivity contribution is 5.83. The van der Waals surface area contributed by atoms with Crippen LogP contribution >= 0.6 is 0 Å². The lowest BCUT2D eigenvalue weighted by Gasteiger charge is -2.22. The molecule has 9 nitrogen and oxygen atoms in total. The van der Waals surface area contributed by atoms with Gasteiger partial charge in [0.2, 0.25) is 0 Å². The van der Waals surface area contributed by atoms with E-state index in [2.05, 4.69) is 37.5 Å². The summed E-state index contributed by atoms with van der Waals surface area (Å²) < 4.78 is 12.5. The first-order valence-corrected chi connectivity index (χ1v) is 11.7. The summed E-state index contributed by atoms with van der Waals surface area (Å²) in [5.74, 6) is 2.25. The molecule has 5 rings (SSSR count). The van der Waals surface area contributed by atoms with E-state index in [1.807, 2.05) is 56.3 Å². The van der Waals surface area contributed by atoms with Crippen LogP contribution in [0.2, 0.25) is 0 Å². The van der Waals surface area contributed by atoms with Gasteiger partial charge in [-0.2, -0.15) is 0 Å². The maximum atomic E-state index is 13.1. The number of ether oxygens (including phenoxy) is 1.